The monoisotopic (exact) mass is 370 g/mol. The molecule has 9 heteroatoms. The second kappa shape index (κ2) is 7.83. The maximum Gasteiger partial charge on any atom is 0.341 e. The first-order chi connectivity index (χ1) is 11.8. The lowest BCUT2D eigenvalue weighted by molar-refractivity contribution is -0.155. The number of carbonyl (C=O) groups is 3. The van der Waals surface area contributed by atoms with E-state index in [-0.39, 0.29) is 0 Å². The highest BCUT2D eigenvalue weighted by Gasteiger charge is 2.31. The normalized spacial score (nSPS) is 16.1. The zero-order valence-electron chi connectivity index (χ0n) is 14.2. The topological polar surface area (TPSA) is 125 Å². The number of aryl methyl sites for hydroxylation is 1. The molecule has 1 atom stereocenters. The smallest absolute Gasteiger partial charge is 0.341 e. The lowest BCUT2D eigenvalue weighted by Crippen LogP contribution is -2.47. The second-order valence-electron chi connectivity index (χ2n) is 6.15. The van der Waals surface area contributed by atoms with Crippen LogP contribution in [0.2, 0.25) is 0 Å². The van der Waals surface area contributed by atoms with Gasteiger partial charge in [-0.15, -0.1) is 11.3 Å². The van der Waals surface area contributed by atoms with E-state index in [1.54, 1.807) is 0 Å². The standard InChI is InChI=1S/C16H22N2O6S/c1-16(23,14(20)21)8-17-15(22)18-12-11(13(19)24-2)9-6-4-3-5-7-10(9)25-12/h23H,3-8H2,1-2H3,(H,20,21)(H2,17,18,22). The Bertz CT molecular complexity index is 682. The molecular weight excluding hydrogens is 348 g/mol. The number of carboxylic acids is 1. The number of hydrogen-bond acceptors (Lipinski definition) is 6. The number of urea groups is 1. The molecule has 1 aromatic heterocycles. The van der Waals surface area contributed by atoms with E-state index in [0.29, 0.717) is 10.6 Å². The van der Waals surface area contributed by atoms with Gasteiger partial charge < -0.3 is 20.3 Å². The summed E-state index contributed by atoms with van der Waals surface area (Å²) in [7, 11) is 1.29. The number of thiophene rings is 1. The molecule has 1 aliphatic carbocycles. The van der Waals surface area contributed by atoms with E-state index in [9.17, 15) is 19.5 Å². The Labute approximate surface area is 149 Å². The number of aliphatic carboxylic acids is 1. The first-order valence-electron chi connectivity index (χ1n) is 7.99. The number of amides is 2. The van der Waals surface area contributed by atoms with Crippen molar-refractivity contribution in [3.05, 3.63) is 16.0 Å². The lowest BCUT2D eigenvalue weighted by Gasteiger charge is -2.18. The van der Waals surface area contributed by atoms with E-state index in [4.69, 9.17) is 9.84 Å². The molecule has 1 heterocycles. The summed E-state index contributed by atoms with van der Waals surface area (Å²) in [6, 6.07) is -0.692. The third-order valence-corrected chi connectivity index (χ3v) is 5.30. The van der Waals surface area contributed by atoms with Gasteiger partial charge in [0.2, 0.25) is 0 Å². The average molecular weight is 370 g/mol. The number of esters is 1. The van der Waals surface area contributed by atoms with Gasteiger partial charge in [0, 0.05) is 4.88 Å². The second-order valence-corrected chi connectivity index (χ2v) is 7.25. The van der Waals surface area contributed by atoms with Gasteiger partial charge in [-0.2, -0.15) is 0 Å². The van der Waals surface area contributed by atoms with E-state index < -0.39 is 30.1 Å². The van der Waals surface area contributed by atoms with Crippen LogP contribution in [-0.4, -0.2) is 47.4 Å². The average Bonchev–Trinajstić information content (AvgIpc) is 2.73. The van der Waals surface area contributed by atoms with Crippen molar-refractivity contribution in [2.24, 2.45) is 0 Å². The molecule has 1 aromatic rings. The predicted molar refractivity (Wildman–Crippen MR) is 92.2 cm³/mol. The third kappa shape index (κ3) is 4.49. The molecule has 25 heavy (non-hydrogen) atoms. The van der Waals surface area contributed by atoms with Gasteiger partial charge in [-0.3, -0.25) is 5.32 Å². The number of anilines is 1. The van der Waals surface area contributed by atoms with Crippen LogP contribution in [0.15, 0.2) is 0 Å². The summed E-state index contributed by atoms with van der Waals surface area (Å²) in [6.07, 6.45) is 4.70. The molecule has 0 spiro atoms. The van der Waals surface area contributed by atoms with Gasteiger partial charge in [0.1, 0.15) is 5.00 Å². The van der Waals surface area contributed by atoms with Gasteiger partial charge in [-0.05, 0) is 38.2 Å². The molecular formula is C16H22N2O6S. The molecule has 0 saturated carbocycles. The number of hydrogen-bond donors (Lipinski definition) is 4. The SMILES string of the molecule is COC(=O)c1c(NC(=O)NCC(C)(O)C(=O)O)sc2c1CCCCC2. The third-order valence-electron chi connectivity index (χ3n) is 4.09. The fraction of sp³-hybridized carbons (Fsp3) is 0.562. The molecule has 1 unspecified atom stereocenters. The minimum atomic E-state index is -2.07. The first-order valence-corrected chi connectivity index (χ1v) is 8.81. The number of fused-ring (bicyclic) bond motifs is 1. The van der Waals surface area contributed by atoms with Crippen LogP contribution < -0.4 is 10.6 Å². The fourth-order valence-electron chi connectivity index (χ4n) is 2.62. The number of methoxy groups -OCH3 is 1. The summed E-state index contributed by atoms with van der Waals surface area (Å²) in [5.41, 5.74) is -0.790. The summed E-state index contributed by atoms with van der Waals surface area (Å²) in [5.74, 6) is -1.95. The Morgan fingerprint density at radius 3 is 2.56 bits per heavy atom. The summed E-state index contributed by atoms with van der Waals surface area (Å²) < 4.78 is 4.85. The van der Waals surface area contributed by atoms with Crippen molar-refractivity contribution >= 4 is 34.3 Å². The molecule has 0 aliphatic heterocycles. The minimum Gasteiger partial charge on any atom is -0.479 e. The van der Waals surface area contributed by atoms with Crippen LogP contribution in [0.4, 0.5) is 9.80 Å². The van der Waals surface area contributed by atoms with E-state index in [1.807, 2.05) is 0 Å². The molecule has 8 nitrogen and oxygen atoms in total. The highest BCUT2D eigenvalue weighted by atomic mass is 32.1. The molecule has 1 aliphatic rings. The van der Waals surface area contributed by atoms with Crippen LogP contribution >= 0.6 is 11.3 Å². The molecule has 0 aromatic carbocycles. The van der Waals surface area contributed by atoms with E-state index in [1.165, 1.54) is 18.4 Å². The fourth-order valence-corrected chi connectivity index (χ4v) is 3.90. The Balaban J connectivity index is 2.17. The van der Waals surface area contributed by atoms with Crippen molar-refractivity contribution < 1.29 is 29.3 Å². The highest BCUT2D eigenvalue weighted by Crippen LogP contribution is 2.37. The van der Waals surface area contributed by atoms with Crippen molar-refractivity contribution in [3.8, 4) is 0 Å². The van der Waals surface area contributed by atoms with Crippen molar-refractivity contribution in [1.82, 2.24) is 5.32 Å². The van der Waals surface area contributed by atoms with Crippen LogP contribution in [0.3, 0.4) is 0 Å². The highest BCUT2D eigenvalue weighted by molar-refractivity contribution is 7.17. The largest absolute Gasteiger partial charge is 0.479 e. The molecule has 0 bridgehead atoms. The Morgan fingerprint density at radius 1 is 1.24 bits per heavy atom. The van der Waals surface area contributed by atoms with Gasteiger partial charge in [-0.25, -0.2) is 14.4 Å². The number of rotatable bonds is 5. The van der Waals surface area contributed by atoms with E-state index in [0.717, 1.165) is 49.5 Å². The summed E-state index contributed by atoms with van der Waals surface area (Å²) in [6.45, 7) is 0.621. The van der Waals surface area contributed by atoms with Crippen LogP contribution in [0.1, 0.15) is 47.0 Å². The van der Waals surface area contributed by atoms with Crippen molar-refractivity contribution in [2.45, 2.75) is 44.6 Å². The van der Waals surface area contributed by atoms with Crippen molar-refractivity contribution in [3.63, 3.8) is 0 Å². The molecule has 138 valence electrons. The Hall–Kier alpha value is -2.13. The minimum absolute atomic E-state index is 0.365. The van der Waals surface area contributed by atoms with Gasteiger partial charge >= 0.3 is 18.0 Å². The molecule has 0 radical (unpaired) electrons. The van der Waals surface area contributed by atoms with Gasteiger partial charge in [0.25, 0.3) is 0 Å². The van der Waals surface area contributed by atoms with E-state index >= 15 is 0 Å². The number of ether oxygens (including phenoxy) is 1. The maximum atomic E-state index is 12.2. The molecule has 0 saturated heterocycles. The number of carboxylic acid groups (broad SMARTS) is 1. The number of aliphatic hydroxyl groups is 1. The molecule has 4 N–H and O–H groups in total. The predicted octanol–water partition coefficient (Wildman–Crippen LogP) is 1.76. The van der Waals surface area contributed by atoms with Crippen LogP contribution in [0, 0.1) is 0 Å². The van der Waals surface area contributed by atoms with Gasteiger partial charge in [-0.1, -0.05) is 6.42 Å². The quantitative estimate of drug-likeness (QED) is 0.462. The molecule has 0 fully saturated rings. The first kappa shape index (κ1) is 19.2. The van der Waals surface area contributed by atoms with Crippen LogP contribution in [0.5, 0.6) is 0 Å². The zero-order chi connectivity index (χ0) is 18.6. The summed E-state index contributed by atoms with van der Waals surface area (Å²) in [5, 5.41) is 23.7. The number of nitrogens with one attached hydrogen (secondary N) is 2. The molecule has 2 amide bonds. The summed E-state index contributed by atoms with van der Waals surface area (Å²) in [4.78, 5) is 36.1. The summed E-state index contributed by atoms with van der Waals surface area (Å²) >= 11 is 1.34. The van der Waals surface area contributed by atoms with Crippen LogP contribution in [0.25, 0.3) is 0 Å². The lowest BCUT2D eigenvalue weighted by atomic mass is 10.1. The zero-order valence-corrected chi connectivity index (χ0v) is 15.0. The van der Waals surface area contributed by atoms with Gasteiger partial charge in [0.05, 0.1) is 19.2 Å². The van der Waals surface area contributed by atoms with Crippen molar-refractivity contribution in [2.75, 3.05) is 19.0 Å². The van der Waals surface area contributed by atoms with Crippen molar-refractivity contribution in [1.29, 1.82) is 0 Å². The van der Waals surface area contributed by atoms with Gasteiger partial charge in [0.15, 0.2) is 5.60 Å². The molecule has 2 rings (SSSR count). The maximum absolute atomic E-state index is 12.2. The Kier molecular flexibility index (Phi) is 6.02. The van der Waals surface area contributed by atoms with Crippen LogP contribution in [-0.2, 0) is 22.4 Å². The van der Waals surface area contributed by atoms with E-state index in [2.05, 4.69) is 10.6 Å². The number of carbonyl (C=O) groups excluding carboxylic acids is 2. The Morgan fingerprint density at radius 2 is 1.92 bits per heavy atom.